The topological polar surface area (TPSA) is 44.7 Å². The standard InChI is InChI=1S/C15H11F2N3OS2/c1-7-4-10-13(23-7)18-15-20(14(10)21)19-12(6-22-15)9-5-8(16)2-3-11(9)17/h2-5,15,18H,6H2,1H3/t15-/m1/s1. The first-order chi connectivity index (χ1) is 11.0. The minimum Gasteiger partial charge on any atom is -0.346 e. The number of thioether (sulfide) groups is 1. The Labute approximate surface area is 139 Å². The molecule has 0 spiro atoms. The van der Waals surface area contributed by atoms with Crippen molar-refractivity contribution < 1.29 is 13.6 Å². The number of carbonyl (C=O) groups excluding carboxylic acids is 1. The number of fused-ring (bicyclic) bond motifs is 2. The summed E-state index contributed by atoms with van der Waals surface area (Å²) in [7, 11) is 0. The molecule has 8 heteroatoms. The van der Waals surface area contributed by atoms with Gasteiger partial charge in [-0.3, -0.25) is 4.79 Å². The molecule has 4 rings (SSSR count). The zero-order valence-corrected chi connectivity index (χ0v) is 13.6. The lowest BCUT2D eigenvalue weighted by Crippen LogP contribution is -2.46. The van der Waals surface area contributed by atoms with Crippen molar-refractivity contribution in [2.45, 2.75) is 12.4 Å². The predicted molar refractivity (Wildman–Crippen MR) is 88.0 cm³/mol. The van der Waals surface area contributed by atoms with Crippen LogP contribution < -0.4 is 5.32 Å². The summed E-state index contributed by atoms with van der Waals surface area (Å²) >= 11 is 2.94. The molecule has 1 aromatic heterocycles. The van der Waals surface area contributed by atoms with Crippen LogP contribution in [0.5, 0.6) is 0 Å². The zero-order valence-electron chi connectivity index (χ0n) is 12.0. The number of hydrogen-bond acceptors (Lipinski definition) is 5. The molecule has 0 bridgehead atoms. The van der Waals surface area contributed by atoms with E-state index in [4.69, 9.17) is 0 Å². The lowest BCUT2D eigenvalue weighted by Gasteiger charge is -2.35. The Morgan fingerprint density at radius 1 is 1.30 bits per heavy atom. The van der Waals surface area contributed by atoms with Gasteiger partial charge < -0.3 is 5.32 Å². The molecule has 0 unspecified atom stereocenters. The zero-order chi connectivity index (χ0) is 16.1. The highest BCUT2D eigenvalue weighted by molar-refractivity contribution is 8.00. The van der Waals surface area contributed by atoms with Crippen molar-refractivity contribution in [2.75, 3.05) is 11.1 Å². The molecule has 3 heterocycles. The van der Waals surface area contributed by atoms with Crippen molar-refractivity contribution in [2.24, 2.45) is 5.10 Å². The molecule has 0 radical (unpaired) electrons. The van der Waals surface area contributed by atoms with Crippen molar-refractivity contribution in [1.82, 2.24) is 5.01 Å². The lowest BCUT2D eigenvalue weighted by atomic mass is 10.1. The van der Waals surface area contributed by atoms with Gasteiger partial charge in [0, 0.05) is 16.2 Å². The van der Waals surface area contributed by atoms with Crippen LogP contribution in [0.1, 0.15) is 20.8 Å². The number of nitrogens with one attached hydrogen (secondary N) is 1. The van der Waals surface area contributed by atoms with Crippen LogP contribution in [0.4, 0.5) is 13.8 Å². The van der Waals surface area contributed by atoms with Crippen LogP contribution in [0.15, 0.2) is 29.4 Å². The first-order valence-electron chi connectivity index (χ1n) is 6.88. The van der Waals surface area contributed by atoms with Gasteiger partial charge >= 0.3 is 0 Å². The summed E-state index contributed by atoms with van der Waals surface area (Å²) in [6.07, 6.45) is 0. The normalized spacial score (nSPS) is 19.8. The maximum absolute atomic E-state index is 13.9. The van der Waals surface area contributed by atoms with E-state index in [-0.39, 0.29) is 17.0 Å². The number of hydrogen-bond donors (Lipinski definition) is 1. The van der Waals surface area contributed by atoms with Crippen LogP contribution in [0, 0.1) is 18.6 Å². The predicted octanol–water partition coefficient (Wildman–Crippen LogP) is 3.64. The number of carbonyl (C=O) groups is 1. The maximum atomic E-state index is 13.9. The number of halogens is 2. The largest absolute Gasteiger partial charge is 0.346 e. The van der Waals surface area contributed by atoms with Crippen LogP contribution in [0.2, 0.25) is 0 Å². The van der Waals surface area contributed by atoms with Gasteiger partial charge in [-0.2, -0.15) is 10.1 Å². The molecule has 118 valence electrons. The Kier molecular flexibility index (Phi) is 3.38. The second kappa shape index (κ2) is 5.31. The fraction of sp³-hybridized carbons (Fsp3) is 0.200. The van der Waals surface area contributed by atoms with Crippen molar-refractivity contribution >= 4 is 39.7 Å². The number of benzene rings is 1. The van der Waals surface area contributed by atoms with Crippen molar-refractivity contribution in [1.29, 1.82) is 0 Å². The Bertz CT molecular complexity index is 849. The number of nitrogens with zero attached hydrogens (tertiary/aromatic N) is 2. The third-order valence-corrected chi connectivity index (χ3v) is 5.67. The van der Waals surface area contributed by atoms with E-state index in [9.17, 15) is 13.6 Å². The fourth-order valence-electron chi connectivity index (χ4n) is 2.56. The van der Waals surface area contributed by atoms with Gasteiger partial charge in [-0.25, -0.2) is 8.78 Å². The molecule has 1 atom stereocenters. The number of hydrazone groups is 1. The summed E-state index contributed by atoms with van der Waals surface area (Å²) in [5.74, 6) is -0.917. The molecule has 0 fully saturated rings. The third-order valence-electron chi connectivity index (χ3n) is 3.62. The molecule has 1 amide bonds. The quantitative estimate of drug-likeness (QED) is 0.853. The second-order valence-electron chi connectivity index (χ2n) is 5.23. The Hall–Kier alpha value is -1.93. The third kappa shape index (κ3) is 2.42. The van der Waals surface area contributed by atoms with Crippen molar-refractivity contribution in [3.8, 4) is 0 Å². The molecule has 4 nitrogen and oxygen atoms in total. The van der Waals surface area contributed by atoms with E-state index in [2.05, 4.69) is 10.4 Å². The summed E-state index contributed by atoms with van der Waals surface area (Å²) in [6.45, 7) is 1.93. The van der Waals surface area contributed by atoms with Crippen LogP contribution in [0.25, 0.3) is 0 Å². The van der Waals surface area contributed by atoms with Gasteiger partial charge in [0.05, 0.1) is 11.3 Å². The highest BCUT2D eigenvalue weighted by atomic mass is 32.2. The first-order valence-corrected chi connectivity index (χ1v) is 8.74. The minimum atomic E-state index is -0.548. The number of thiophene rings is 1. The number of rotatable bonds is 1. The van der Waals surface area contributed by atoms with Gasteiger partial charge in [0.2, 0.25) is 0 Å². The Balaban J connectivity index is 1.75. The summed E-state index contributed by atoms with van der Waals surface area (Å²) in [5, 5.41) is 9.68. The van der Waals surface area contributed by atoms with Crippen LogP contribution in [-0.2, 0) is 0 Å². The maximum Gasteiger partial charge on any atom is 0.279 e. The fourth-order valence-corrected chi connectivity index (χ4v) is 4.58. The SMILES string of the molecule is Cc1cc2c(s1)N[C@H]1SCC(c3cc(F)ccc3F)=NN1C2=O. The van der Waals surface area contributed by atoms with Crippen LogP contribution in [0.3, 0.4) is 0 Å². The van der Waals surface area contributed by atoms with E-state index in [0.717, 1.165) is 28.1 Å². The van der Waals surface area contributed by atoms with Crippen LogP contribution >= 0.6 is 23.1 Å². The van der Waals surface area contributed by atoms with Crippen molar-refractivity contribution in [3.05, 3.63) is 51.9 Å². The monoisotopic (exact) mass is 351 g/mol. The molecule has 1 N–H and O–H groups in total. The second-order valence-corrected chi connectivity index (χ2v) is 7.55. The summed E-state index contributed by atoms with van der Waals surface area (Å²) in [5.41, 5.74) is 0.687. The Morgan fingerprint density at radius 3 is 2.96 bits per heavy atom. The molecule has 0 saturated carbocycles. The molecular formula is C15H11F2N3OS2. The molecule has 0 aliphatic carbocycles. The van der Waals surface area contributed by atoms with Crippen LogP contribution in [-0.4, -0.2) is 27.9 Å². The molecule has 23 heavy (non-hydrogen) atoms. The molecular weight excluding hydrogens is 340 g/mol. The number of anilines is 1. The van der Waals surface area contributed by atoms with Gasteiger partial charge in [0.1, 0.15) is 16.6 Å². The summed E-state index contributed by atoms with van der Waals surface area (Å²) in [4.78, 5) is 13.6. The average Bonchev–Trinajstić information content (AvgIpc) is 2.90. The van der Waals surface area contributed by atoms with Gasteiger partial charge in [0.25, 0.3) is 5.91 Å². The van der Waals surface area contributed by atoms with Gasteiger partial charge in [-0.15, -0.1) is 23.1 Å². The lowest BCUT2D eigenvalue weighted by molar-refractivity contribution is 0.0744. The number of amides is 1. The highest BCUT2D eigenvalue weighted by Gasteiger charge is 2.37. The molecule has 2 aromatic rings. The average molecular weight is 351 g/mol. The van der Waals surface area contributed by atoms with Gasteiger partial charge in [0.15, 0.2) is 5.50 Å². The van der Waals surface area contributed by atoms with E-state index < -0.39 is 11.6 Å². The first kappa shape index (κ1) is 14.6. The van der Waals surface area contributed by atoms with Gasteiger partial charge in [-0.1, -0.05) is 0 Å². The Morgan fingerprint density at radius 2 is 2.13 bits per heavy atom. The number of aryl methyl sites for hydroxylation is 1. The molecule has 1 aromatic carbocycles. The van der Waals surface area contributed by atoms with E-state index in [1.54, 1.807) is 0 Å². The molecule has 2 aliphatic heterocycles. The van der Waals surface area contributed by atoms with Crippen molar-refractivity contribution in [3.63, 3.8) is 0 Å². The van der Waals surface area contributed by atoms with E-state index in [1.807, 2.05) is 13.0 Å². The van der Waals surface area contributed by atoms with E-state index >= 15 is 0 Å². The van der Waals surface area contributed by atoms with Gasteiger partial charge in [-0.05, 0) is 31.2 Å². The summed E-state index contributed by atoms with van der Waals surface area (Å²) in [6, 6.07) is 5.05. The van der Waals surface area contributed by atoms with E-state index in [0.29, 0.717) is 17.0 Å². The van der Waals surface area contributed by atoms with E-state index in [1.165, 1.54) is 28.1 Å². The highest BCUT2D eigenvalue weighted by Crippen LogP contribution is 2.38. The molecule has 0 saturated heterocycles. The minimum absolute atomic E-state index is 0.0936. The molecule has 2 aliphatic rings. The smallest absolute Gasteiger partial charge is 0.279 e. The summed E-state index contributed by atoms with van der Waals surface area (Å²) < 4.78 is 27.3.